The van der Waals surface area contributed by atoms with Crippen molar-refractivity contribution in [2.75, 3.05) is 11.9 Å². The summed E-state index contributed by atoms with van der Waals surface area (Å²) in [6, 6.07) is 26.3. The van der Waals surface area contributed by atoms with Gasteiger partial charge < -0.3 is 15.4 Å². The number of ketones is 1. The number of carbonyl (C=O) groups excluding carboxylic acids is 3. The highest BCUT2D eigenvalue weighted by atomic mass is 35.5. The summed E-state index contributed by atoms with van der Waals surface area (Å²) in [5.41, 5.74) is 5.14. The van der Waals surface area contributed by atoms with Gasteiger partial charge in [-0.15, -0.1) is 0 Å². The summed E-state index contributed by atoms with van der Waals surface area (Å²) in [5.74, 6) is -1.02. The van der Waals surface area contributed by atoms with E-state index in [4.69, 9.17) is 27.9 Å². The Morgan fingerprint density at radius 3 is 2.10 bits per heavy atom. The van der Waals surface area contributed by atoms with Crippen LogP contribution in [-0.2, 0) is 9.53 Å². The Morgan fingerprint density at radius 1 is 0.821 bits per heavy atom. The molecule has 0 aliphatic heterocycles. The maximum Gasteiger partial charge on any atom is 0.407 e. The van der Waals surface area contributed by atoms with Crippen molar-refractivity contribution in [1.82, 2.24) is 5.32 Å². The molecular formula is C31H24Cl2N2O4. The van der Waals surface area contributed by atoms with Crippen LogP contribution in [0.5, 0.6) is 0 Å². The zero-order valence-corrected chi connectivity index (χ0v) is 22.4. The fourth-order valence-electron chi connectivity index (χ4n) is 4.73. The maximum atomic E-state index is 13.2. The minimum atomic E-state index is -0.945. The number of hydrogen-bond acceptors (Lipinski definition) is 4. The van der Waals surface area contributed by atoms with Gasteiger partial charge in [-0.3, -0.25) is 9.59 Å². The number of fused-ring (bicyclic) bond motifs is 3. The first-order valence-electron chi connectivity index (χ1n) is 12.3. The molecule has 0 heterocycles. The lowest BCUT2D eigenvalue weighted by atomic mass is 9.98. The summed E-state index contributed by atoms with van der Waals surface area (Å²) in [6.07, 6.45) is -0.719. The van der Waals surface area contributed by atoms with Crippen molar-refractivity contribution in [1.29, 1.82) is 0 Å². The lowest BCUT2D eigenvalue weighted by Crippen LogP contribution is -2.42. The van der Waals surface area contributed by atoms with Crippen molar-refractivity contribution >= 4 is 46.7 Å². The largest absolute Gasteiger partial charge is 0.449 e. The van der Waals surface area contributed by atoms with Crippen LogP contribution in [0.25, 0.3) is 11.1 Å². The van der Waals surface area contributed by atoms with E-state index in [1.54, 1.807) is 30.3 Å². The van der Waals surface area contributed by atoms with E-state index in [0.717, 1.165) is 22.3 Å². The summed E-state index contributed by atoms with van der Waals surface area (Å²) in [4.78, 5) is 38.8. The number of hydrogen-bond donors (Lipinski definition) is 2. The third kappa shape index (κ3) is 5.53. The normalized spacial score (nSPS) is 12.7. The predicted octanol–water partition coefficient (Wildman–Crippen LogP) is 7.09. The fraction of sp³-hybridized carbons (Fsp3) is 0.129. The first-order chi connectivity index (χ1) is 18.8. The molecular weight excluding hydrogens is 535 g/mol. The standard InChI is InChI=1S/C31H24Cl2N2O4/c1-18(30(37)35-28-15-14-19(32)16-25(28)29(36)24-12-6-7-13-27(24)33)34-31(38)39-17-26-22-10-4-2-8-20(22)21-9-3-5-11-23(21)26/h2-16,18,26H,17H2,1H3,(H,34,38)(H,35,37). The predicted molar refractivity (Wildman–Crippen MR) is 153 cm³/mol. The number of amides is 2. The van der Waals surface area contributed by atoms with Crippen molar-refractivity contribution in [3.8, 4) is 11.1 Å². The number of carbonyl (C=O) groups is 3. The second kappa shape index (κ2) is 11.3. The van der Waals surface area contributed by atoms with Crippen molar-refractivity contribution in [2.24, 2.45) is 0 Å². The molecule has 4 aromatic carbocycles. The highest BCUT2D eigenvalue weighted by Gasteiger charge is 2.29. The Kier molecular flexibility index (Phi) is 7.68. The molecule has 0 aromatic heterocycles. The molecule has 0 spiro atoms. The molecule has 1 unspecified atom stereocenters. The van der Waals surface area contributed by atoms with E-state index in [0.29, 0.717) is 5.02 Å². The number of anilines is 1. The third-order valence-corrected chi connectivity index (χ3v) is 7.24. The van der Waals surface area contributed by atoms with E-state index in [-0.39, 0.29) is 34.4 Å². The van der Waals surface area contributed by atoms with Gasteiger partial charge in [0.15, 0.2) is 5.78 Å². The molecule has 2 N–H and O–H groups in total. The van der Waals surface area contributed by atoms with Gasteiger partial charge in [0, 0.05) is 22.1 Å². The lowest BCUT2D eigenvalue weighted by molar-refractivity contribution is -0.117. The Labute approximate surface area is 235 Å². The average molecular weight is 559 g/mol. The van der Waals surface area contributed by atoms with Crippen LogP contribution in [0.4, 0.5) is 10.5 Å². The smallest absolute Gasteiger partial charge is 0.407 e. The number of alkyl carbamates (subject to hydrolysis) is 1. The van der Waals surface area contributed by atoms with E-state index in [1.165, 1.54) is 19.1 Å². The SMILES string of the molecule is CC(NC(=O)OCC1c2ccccc2-c2ccccc21)C(=O)Nc1ccc(Cl)cc1C(=O)c1ccccc1Cl. The number of benzene rings is 4. The number of halogens is 2. The maximum absolute atomic E-state index is 13.2. The summed E-state index contributed by atoms with van der Waals surface area (Å²) in [6.45, 7) is 1.66. The molecule has 1 aliphatic rings. The van der Waals surface area contributed by atoms with E-state index in [1.807, 2.05) is 36.4 Å². The second-order valence-electron chi connectivity index (χ2n) is 9.18. The monoisotopic (exact) mass is 558 g/mol. The zero-order chi connectivity index (χ0) is 27.5. The number of rotatable bonds is 7. The lowest BCUT2D eigenvalue weighted by Gasteiger charge is -2.18. The minimum Gasteiger partial charge on any atom is -0.449 e. The van der Waals surface area contributed by atoms with Crippen molar-refractivity contribution in [2.45, 2.75) is 18.9 Å². The first-order valence-corrected chi connectivity index (χ1v) is 13.1. The Hall–Kier alpha value is -4.13. The Bertz CT molecular complexity index is 1540. The van der Waals surface area contributed by atoms with Gasteiger partial charge in [-0.1, -0.05) is 83.9 Å². The summed E-state index contributed by atoms with van der Waals surface area (Å²) >= 11 is 12.3. The summed E-state index contributed by atoms with van der Waals surface area (Å²) < 4.78 is 5.54. The molecule has 0 bridgehead atoms. The molecule has 0 saturated carbocycles. The van der Waals surface area contributed by atoms with Crippen LogP contribution in [0.3, 0.4) is 0 Å². The Morgan fingerprint density at radius 2 is 1.44 bits per heavy atom. The second-order valence-corrected chi connectivity index (χ2v) is 10.0. The van der Waals surface area contributed by atoms with E-state index >= 15 is 0 Å². The molecule has 196 valence electrons. The number of nitrogens with one attached hydrogen (secondary N) is 2. The highest BCUT2D eigenvalue weighted by molar-refractivity contribution is 6.36. The molecule has 1 aliphatic carbocycles. The molecule has 2 amide bonds. The summed E-state index contributed by atoms with van der Waals surface area (Å²) in [7, 11) is 0. The third-order valence-electron chi connectivity index (χ3n) is 6.67. The van der Waals surface area contributed by atoms with Crippen LogP contribution in [-0.4, -0.2) is 30.4 Å². The molecule has 39 heavy (non-hydrogen) atoms. The van der Waals surface area contributed by atoms with Crippen LogP contribution >= 0.6 is 23.2 Å². The first kappa shape index (κ1) is 26.5. The van der Waals surface area contributed by atoms with Gasteiger partial charge in [0.25, 0.3) is 0 Å². The minimum absolute atomic E-state index is 0.0975. The van der Waals surface area contributed by atoms with Gasteiger partial charge in [-0.25, -0.2) is 4.79 Å². The van der Waals surface area contributed by atoms with Gasteiger partial charge in [0.2, 0.25) is 5.91 Å². The fourth-order valence-corrected chi connectivity index (χ4v) is 5.12. The number of ether oxygens (including phenoxy) is 1. The molecule has 0 fully saturated rings. The Balaban J connectivity index is 1.24. The van der Waals surface area contributed by atoms with Gasteiger partial charge >= 0.3 is 6.09 Å². The van der Waals surface area contributed by atoms with Gasteiger partial charge in [-0.2, -0.15) is 0 Å². The van der Waals surface area contributed by atoms with Gasteiger partial charge in [-0.05, 0) is 59.5 Å². The average Bonchev–Trinajstić information content (AvgIpc) is 3.26. The van der Waals surface area contributed by atoms with Gasteiger partial charge in [0.05, 0.1) is 10.7 Å². The van der Waals surface area contributed by atoms with Crippen LogP contribution in [0.2, 0.25) is 10.0 Å². The van der Waals surface area contributed by atoms with Crippen LogP contribution in [0, 0.1) is 0 Å². The van der Waals surface area contributed by atoms with E-state index in [2.05, 4.69) is 22.8 Å². The van der Waals surface area contributed by atoms with Crippen LogP contribution in [0.1, 0.15) is 39.9 Å². The molecule has 4 aromatic rings. The van der Waals surface area contributed by atoms with Gasteiger partial charge in [0.1, 0.15) is 12.6 Å². The molecule has 8 heteroatoms. The van der Waals surface area contributed by atoms with Crippen LogP contribution < -0.4 is 10.6 Å². The van der Waals surface area contributed by atoms with Crippen LogP contribution in [0.15, 0.2) is 91.0 Å². The molecule has 0 radical (unpaired) electrons. The zero-order valence-electron chi connectivity index (χ0n) is 20.9. The topological polar surface area (TPSA) is 84.5 Å². The van der Waals surface area contributed by atoms with E-state index < -0.39 is 23.8 Å². The van der Waals surface area contributed by atoms with Crippen molar-refractivity contribution in [3.63, 3.8) is 0 Å². The van der Waals surface area contributed by atoms with E-state index in [9.17, 15) is 14.4 Å². The van der Waals surface area contributed by atoms with Crippen molar-refractivity contribution in [3.05, 3.63) is 123 Å². The molecule has 0 saturated heterocycles. The summed E-state index contributed by atoms with van der Waals surface area (Å²) in [5, 5.41) is 5.88. The van der Waals surface area contributed by atoms with Crippen molar-refractivity contribution < 1.29 is 19.1 Å². The highest BCUT2D eigenvalue weighted by Crippen LogP contribution is 2.44. The molecule has 1 atom stereocenters. The molecule has 6 nitrogen and oxygen atoms in total. The quantitative estimate of drug-likeness (QED) is 0.237. The molecule has 5 rings (SSSR count).